The molecule has 1 saturated heterocycles. The minimum atomic E-state index is 0.544. The van der Waals surface area contributed by atoms with Crippen molar-refractivity contribution in [3.63, 3.8) is 0 Å². The van der Waals surface area contributed by atoms with Crippen molar-refractivity contribution in [1.29, 1.82) is 0 Å². The SMILES string of the molecule is CC1CN(Cc2csc(COc3ccccc3)n2)C(C)CN1. The van der Waals surface area contributed by atoms with Crippen LogP contribution in [-0.2, 0) is 13.2 Å². The van der Waals surface area contributed by atoms with E-state index in [4.69, 9.17) is 9.72 Å². The fourth-order valence-corrected chi connectivity index (χ4v) is 3.37. The van der Waals surface area contributed by atoms with Crippen LogP contribution in [-0.4, -0.2) is 35.1 Å². The molecule has 1 aliphatic rings. The summed E-state index contributed by atoms with van der Waals surface area (Å²) in [6, 6.07) is 11.0. The standard InChI is InChI=1S/C17H23N3OS/c1-13-9-20(14(2)8-18-13)10-15-12-22-17(19-15)11-21-16-6-4-3-5-7-16/h3-7,12-14,18H,8-11H2,1-2H3. The second-order valence-corrected chi connectivity index (χ2v) is 6.86. The molecule has 22 heavy (non-hydrogen) atoms. The average Bonchev–Trinajstić information content (AvgIpc) is 2.98. The van der Waals surface area contributed by atoms with Crippen molar-refractivity contribution in [2.45, 2.75) is 39.1 Å². The molecule has 2 heterocycles. The van der Waals surface area contributed by atoms with E-state index in [0.717, 1.165) is 36.1 Å². The second-order valence-electron chi connectivity index (χ2n) is 5.92. The molecule has 0 saturated carbocycles. The number of nitrogens with zero attached hydrogens (tertiary/aromatic N) is 2. The highest BCUT2D eigenvalue weighted by molar-refractivity contribution is 7.09. The number of aromatic nitrogens is 1. The number of nitrogens with one attached hydrogen (secondary N) is 1. The predicted octanol–water partition coefficient (Wildman–Crippen LogP) is 2.90. The molecule has 2 atom stereocenters. The molecule has 0 radical (unpaired) electrons. The average molecular weight is 317 g/mol. The highest BCUT2D eigenvalue weighted by Gasteiger charge is 2.22. The van der Waals surface area contributed by atoms with Crippen LogP contribution in [0.3, 0.4) is 0 Å². The minimum absolute atomic E-state index is 0.544. The Morgan fingerprint density at radius 3 is 2.95 bits per heavy atom. The second kappa shape index (κ2) is 7.22. The summed E-state index contributed by atoms with van der Waals surface area (Å²) >= 11 is 1.68. The first-order valence-corrected chi connectivity index (χ1v) is 8.67. The van der Waals surface area contributed by atoms with Crippen LogP contribution in [0.1, 0.15) is 24.5 Å². The van der Waals surface area contributed by atoms with Crippen LogP contribution in [0.15, 0.2) is 35.7 Å². The summed E-state index contributed by atoms with van der Waals surface area (Å²) in [5.74, 6) is 0.892. The third kappa shape index (κ3) is 4.06. The number of ether oxygens (including phenoxy) is 1. The number of benzene rings is 1. The summed E-state index contributed by atoms with van der Waals surface area (Å²) in [5, 5.41) is 6.70. The smallest absolute Gasteiger partial charge is 0.140 e. The van der Waals surface area contributed by atoms with Crippen molar-refractivity contribution in [3.05, 3.63) is 46.4 Å². The molecular formula is C17H23N3OS. The van der Waals surface area contributed by atoms with E-state index in [1.54, 1.807) is 11.3 Å². The predicted molar refractivity (Wildman–Crippen MR) is 90.2 cm³/mol. The number of thiazole rings is 1. The molecule has 1 fully saturated rings. The van der Waals surface area contributed by atoms with Crippen LogP contribution in [0.5, 0.6) is 5.75 Å². The van der Waals surface area contributed by atoms with Crippen LogP contribution in [0.2, 0.25) is 0 Å². The van der Waals surface area contributed by atoms with Crippen molar-refractivity contribution in [3.8, 4) is 5.75 Å². The Kier molecular flexibility index (Phi) is 5.08. The number of rotatable bonds is 5. The van der Waals surface area contributed by atoms with E-state index in [-0.39, 0.29) is 0 Å². The quantitative estimate of drug-likeness (QED) is 0.920. The van der Waals surface area contributed by atoms with E-state index in [0.29, 0.717) is 18.7 Å². The van der Waals surface area contributed by atoms with Gasteiger partial charge in [-0.1, -0.05) is 18.2 Å². The molecule has 5 heteroatoms. The Bertz CT molecular complexity index is 587. The van der Waals surface area contributed by atoms with E-state index in [2.05, 4.69) is 29.4 Å². The van der Waals surface area contributed by atoms with Gasteiger partial charge in [-0.15, -0.1) is 11.3 Å². The molecular weight excluding hydrogens is 294 g/mol. The van der Waals surface area contributed by atoms with Crippen molar-refractivity contribution >= 4 is 11.3 Å². The van der Waals surface area contributed by atoms with Crippen molar-refractivity contribution < 1.29 is 4.74 Å². The highest BCUT2D eigenvalue weighted by Crippen LogP contribution is 2.17. The Labute approximate surface area is 136 Å². The summed E-state index contributed by atoms with van der Waals surface area (Å²) in [6.45, 7) is 8.10. The van der Waals surface area contributed by atoms with Crippen LogP contribution in [0.25, 0.3) is 0 Å². The van der Waals surface area contributed by atoms with Crippen molar-refractivity contribution in [1.82, 2.24) is 15.2 Å². The summed E-state index contributed by atoms with van der Waals surface area (Å²) in [6.07, 6.45) is 0. The maximum absolute atomic E-state index is 5.76. The monoisotopic (exact) mass is 317 g/mol. The van der Waals surface area contributed by atoms with Gasteiger partial charge in [0.1, 0.15) is 17.4 Å². The Hall–Kier alpha value is -1.43. The first-order valence-electron chi connectivity index (χ1n) is 7.79. The Balaban J connectivity index is 1.54. The molecule has 1 aromatic heterocycles. The van der Waals surface area contributed by atoms with Crippen LogP contribution in [0, 0.1) is 0 Å². The first kappa shape index (κ1) is 15.5. The van der Waals surface area contributed by atoms with Gasteiger partial charge in [-0.05, 0) is 26.0 Å². The number of hydrogen-bond acceptors (Lipinski definition) is 5. The lowest BCUT2D eigenvalue weighted by molar-refractivity contribution is 0.137. The summed E-state index contributed by atoms with van der Waals surface area (Å²) in [7, 11) is 0. The molecule has 0 bridgehead atoms. The van der Waals surface area contributed by atoms with Crippen LogP contribution < -0.4 is 10.1 Å². The topological polar surface area (TPSA) is 37.4 Å². The number of para-hydroxylation sites is 1. The van der Waals surface area contributed by atoms with E-state index in [1.165, 1.54) is 0 Å². The van der Waals surface area contributed by atoms with Gasteiger partial charge in [-0.3, -0.25) is 4.90 Å². The fraction of sp³-hybridized carbons (Fsp3) is 0.471. The lowest BCUT2D eigenvalue weighted by atomic mass is 10.1. The Morgan fingerprint density at radius 1 is 1.32 bits per heavy atom. The molecule has 1 aromatic carbocycles. The van der Waals surface area contributed by atoms with Gasteiger partial charge in [0.15, 0.2) is 0 Å². The van der Waals surface area contributed by atoms with Gasteiger partial charge in [-0.2, -0.15) is 0 Å². The highest BCUT2D eigenvalue weighted by atomic mass is 32.1. The zero-order chi connectivity index (χ0) is 15.4. The third-order valence-corrected chi connectivity index (χ3v) is 4.83. The minimum Gasteiger partial charge on any atom is -0.486 e. The molecule has 0 spiro atoms. The zero-order valence-corrected chi connectivity index (χ0v) is 14.0. The van der Waals surface area contributed by atoms with Gasteiger partial charge in [0.2, 0.25) is 0 Å². The largest absolute Gasteiger partial charge is 0.486 e. The normalized spacial score (nSPS) is 22.6. The third-order valence-electron chi connectivity index (χ3n) is 3.96. The van der Waals surface area contributed by atoms with Crippen molar-refractivity contribution in [2.75, 3.05) is 13.1 Å². The van der Waals surface area contributed by atoms with Gasteiger partial charge in [0.05, 0.1) is 5.69 Å². The van der Waals surface area contributed by atoms with E-state index in [1.807, 2.05) is 30.3 Å². The van der Waals surface area contributed by atoms with Crippen molar-refractivity contribution in [2.24, 2.45) is 0 Å². The Morgan fingerprint density at radius 2 is 2.14 bits per heavy atom. The molecule has 0 aliphatic carbocycles. The summed E-state index contributed by atoms with van der Waals surface area (Å²) in [5.41, 5.74) is 1.15. The zero-order valence-electron chi connectivity index (χ0n) is 13.2. The lowest BCUT2D eigenvalue weighted by Gasteiger charge is -2.37. The molecule has 4 nitrogen and oxygen atoms in total. The van der Waals surface area contributed by atoms with E-state index in [9.17, 15) is 0 Å². The molecule has 2 unspecified atom stereocenters. The van der Waals surface area contributed by atoms with E-state index < -0.39 is 0 Å². The maximum atomic E-state index is 5.76. The van der Waals surface area contributed by atoms with Gasteiger partial charge >= 0.3 is 0 Å². The summed E-state index contributed by atoms with van der Waals surface area (Å²) < 4.78 is 5.76. The number of hydrogen-bond donors (Lipinski definition) is 1. The molecule has 3 rings (SSSR count). The fourth-order valence-electron chi connectivity index (χ4n) is 2.68. The van der Waals surface area contributed by atoms with Crippen LogP contribution in [0.4, 0.5) is 0 Å². The molecule has 0 amide bonds. The number of piperazine rings is 1. The molecule has 118 valence electrons. The molecule has 1 N–H and O–H groups in total. The maximum Gasteiger partial charge on any atom is 0.140 e. The van der Waals surface area contributed by atoms with E-state index >= 15 is 0 Å². The lowest BCUT2D eigenvalue weighted by Crippen LogP contribution is -2.53. The van der Waals surface area contributed by atoms with Gasteiger partial charge in [-0.25, -0.2) is 4.98 Å². The van der Waals surface area contributed by atoms with Gasteiger partial charge in [0, 0.05) is 37.1 Å². The van der Waals surface area contributed by atoms with Crippen LogP contribution >= 0.6 is 11.3 Å². The van der Waals surface area contributed by atoms with Gasteiger partial charge in [0.25, 0.3) is 0 Å². The first-order chi connectivity index (χ1) is 10.7. The molecule has 1 aliphatic heterocycles. The summed E-state index contributed by atoms with van der Waals surface area (Å²) in [4.78, 5) is 7.21. The molecule has 2 aromatic rings. The van der Waals surface area contributed by atoms with Gasteiger partial charge < -0.3 is 10.1 Å².